The molecule has 0 fully saturated rings. The van der Waals surface area contributed by atoms with Crippen molar-refractivity contribution >= 4 is 17.7 Å². The first-order valence-corrected chi connectivity index (χ1v) is 6.21. The van der Waals surface area contributed by atoms with Crippen LogP contribution in [0.4, 0.5) is 0 Å². The Hall–Kier alpha value is -1.75. The number of rotatable bonds is 5. The number of nitrogens with zero attached hydrogens (tertiary/aromatic N) is 1. The molecule has 88 valence electrons. The maximum absolute atomic E-state index is 10.3. The number of aromatic nitrogens is 1. The molecule has 0 atom stereocenters. The summed E-state index contributed by atoms with van der Waals surface area (Å²) in [6.45, 7) is 0. The zero-order valence-electron chi connectivity index (χ0n) is 9.00. The van der Waals surface area contributed by atoms with E-state index in [1.54, 1.807) is 6.20 Å². The second kappa shape index (κ2) is 5.54. The second-order valence-electron chi connectivity index (χ2n) is 3.37. The van der Waals surface area contributed by atoms with Gasteiger partial charge in [-0.15, -0.1) is 11.8 Å². The Bertz CT molecular complexity index is 495. The standard InChI is InChI=1S/C12H11NO3S/c14-12(15)8-17-7-11-13-6-10(16-11)9-4-2-1-3-5-9/h1-6H,7-8H2,(H,14,15). The van der Waals surface area contributed by atoms with E-state index in [0.717, 1.165) is 5.56 Å². The third kappa shape index (κ3) is 3.35. The van der Waals surface area contributed by atoms with Crippen molar-refractivity contribution in [2.24, 2.45) is 0 Å². The molecule has 0 saturated carbocycles. The van der Waals surface area contributed by atoms with Gasteiger partial charge in [-0.25, -0.2) is 4.98 Å². The molecule has 1 heterocycles. The molecule has 0 aliphatic rings. The predicted molar refractivity (Wildman–Crippen MR) is 65.7 cm³/mol. The normalized spacial score (nSPS) is 10.4. The lowest BCUT2D eigenvalue weighted by molar-refractivity contribution is -0.133. The van der Waals surface area contributed by atoms with Crippen molar-refractivity contribution in [2.75, 3.05) is 5.75 Å². The van der Waals surface area contributed by atoms with Gasteiger partial charge < -0.3 is 9.52 Å². The number of aliphatic carboxylic acids is 1. The average Bonchev–Trinajstić information content (AvgIpc) is 2.78. The predicted octanol–water partition coefficient (Wildman–Crippen LogP) is 2.66. The lowest BCUT2D eigenvalue weighted by Crippen LogP contribution is -1.98. The number of benzene rings is 1. The van der Waals surface area contributed by atoms with Crippen LogP contribution in [0.3, 0.4) is 0 Å². The molecule has 0 aliphatic heterocycles. The molecule has 1 aromatic carbocycles. The van der Waals surface area contributed by atoms with E-state index in [1.165, 1.54) is 11.8 Å². The summed E-state index contributed by atoms with van der Waals surface area (Å²) in [4.78, 5) is 14.5. The van der Waals surface area contributed by atoms with Crippen molar-refractivity contribution < 1.29 is 14.3 Å². The van der Waals surface area contributed by atoms with Crippen LogP contribution in [-0.4, -0.2) is 21.8 Å². The number of carbonyl (C=O) groups is 1. The van der Waals surface area contributed by atoms with E-state index in [1.807, 2.05) is 30.3 Å². The van der Waals surface area contributed by atoms with Gasteiger partial charge in [-0.3, -0.25) is 4.79 Å². The van der Waals surface area contributed by atoms with E-state index < -0.39 is 5.97 Å². The number of carboxylic acid groups (broad SMARTS) is 1. The van der Waals surface area contributed by atoms with Gasteiger partial charge in [0.25, 0.3) is 0 Å². The molecular weight excluding hydrogens is 238 g/mol. The molecular formula is C12H11NO3S. The molecule has 0 aliphatic carbocycles. The van der Waals surface area contributed by atoms with Crippen LogP contribution in [0.25, 0.3) is 11.3 Å². The molecule has 5 heteroatoms. The summed E-state index contributed by atoms with van der Waals surface area (Å²) in [5, 5.41) is 8.50. The van der Waals surface area contributed by atoms with E-state index in [2.05, 4.69) is 4.98 Å². The van der Waals surface area contributed by atoms with Crippen molar-refractivity contribution in [3.63, 3.8) is 0 Å². The van der Waals surface area contributed by atoms with Gasteiger partial charge in [0, 0.05) is 5.56 Å². The Balaban J connectivity index is 1.99. The molecule has 0 spiro atoms. The third-order valence-electron chi connectivity index (χ3n) is 2.06. The van der Waals surface area contributed by atoms with Gasteiger partial charge in [0.1, 0.15) is 0 Å². The van der Waals surface area contributed by atoms with E-state index in [-0.39, 0.29) is 5.75 Å². The van der Waals surface area contributed by atoms with Gasteiger partial charge in [0.15, 0.2) is 5.76 Å². The number of thioether (sulfide) groups is 1. The van der Waals surface area contributed by atoms with Crippen LogP contribution in [0.5, 0.6) is 0 Å². The highest BCUT2D eigenvalue weighted by Gasteiger charge is 2.06. The van der Waals surface area contributed by atoms with Gasteiger partial charge in [-0.1, -0.05) is 30.3 Å². The minimum Gasteiger partial charge on any atom is -0.481 e. The molecule has 0 unspecified atom stereocenters. The minimum atomic E-state index is -0.829. The Morgan fingerprint density at radius 2 is 2.12 bits per heavy atom. The number of carboxylic acids is 1. The van der Waals surface area contributed by atoms with Gasteiger partial charge in [-0.2, -0.15) is 0 Å². The topological polar surface area (TPSA) is 63.3 Å². The van der Waals surface area contributed by atoms with Gasteiger partial charge in [0.2, 0.25) is 5.89 Å². The summed E-state index contributed by atoms with van der Waals surface area (Å²) in [6, 6.07) is 9.67. The Morgan fingerprint density at radius 1 is 1.35 bits per heavy atom. The second-order valence-corrected chi connectivity index (χ2v) is 4.36. The van der Waals surface area contributed by atoms with Crippen LogP contribution in [0.1, 0.15) is 5.89 Å². The zero-order chi connectivity index (χ0) is 12.1. The fraction of sp³-hybridized carbons (Fsp3) is 0.167. The van der Waals surface area contributed by atoms with Crippen LogP contribution < -0.4 is 0 Å². The summed E-state index contributed by atoms with van der Waals surface area (Å²) < 4.78 is 5.53. The molecule has 4 nitrogen and oxygen atoms in total. The van der Waals surface area contributed by atoms with E-state index in [9.17, 15) is 4.79 Å². The summed E-state index contributed by atoms with van der Waals surface area (Å²) in [6.07, 6.45) is 1.66. The van der Waals surface area contributed by atoms with Crippen LogP contribution in [0, 0.1) is 0 Å². The SMILES string of the molecule is O=C(O)CSCc1ncc(-c2ccccc2)o1. The quantitative estimate of drug-likeness (QED) is 0.882. The van der Waals surface area contributed by atoms with Gasteiger partial charge in [0.05, 0.1) is 17.7 Å². The van der Waals surface area contributed by atoms with E-state index >= 15 is 0 Å². The highest BCUT2D eigenvalue weighted by Crippen LogP contribution is 2.21. The third-order valence-corrected chi connectivity index (χ3v) is 2.97. The molecule has 2 aromatic rings. The number of hydrogen-bond acceptors (Lipinski definition) is 4. The Kier molecular flexibility index (Phi) is 3.82. The first-order valence-electron chi connectivity index (χ1n) is 5.05. The lowest BCUT2D eigenvalue weighted by Gasteiger charge is -1.95. The zero-order valence-corrected chi connectivity index (χ0v) is 9.81. The minimum absolute atomic E-state index is 0.0586. The number of hydrogen-bond donors (Lipinski definition) is 1. The number of oxazole rings is 1. The highest BCUT2D eigenvalue weighted by molar-refractivity contribution is 7.99. The maximum Gasteiger partial charge on any atom is 0.313 e. The molecule has 0 saturated heterocycles. The largest absolute Gasteiger partial charge is 0.481 e. The van der Waals surface area contributed by atoms with E-state index in [4.69, 9.17) is 9.52 Å². The van der Waals surface area contributed by atoms with Crippen molar-refractivity contribution in [3.05, 3.63) is 42.4 Å². The molecule has 1 N–H and O–H groups in total. The fourth-order valence-electron chi connectivity index (χ4n) is 1.34. The highest BCUT2D eigenvalue weighted by atomic mass is 32.2. The fourth-order valence-corrected chi connectivity index (χ4v) is 1.92. The summed E-state index contributed by atoms with van der Waals surface area (Å²) >= 11 is 1.27. The van der Waals surface area contributed by atoms with Crippen LogP contribution in [0.15, 0.2) is 40.9 Å². The molecule has 0 amide bonds. The summed E-state index contributed by atoms with van der Waals surface area (Å²) in [5.74, 6) is 0.957. The van der Waals surface area contributed by atoms with Crippen molar-refractivity contribution in [3.8, 4) is 11.3 Å². The summed E-state index contributed by atoms with van der Waals surface area (Å²) in [7, 11) is 0. The van der Waals surface area contributed by atoms with Gasteiger partial charge >= 0.3 is 5.97 Å². The van der Waals surface area contributed by atoms with Crippen LogP contribution in [-0.2, 0) is 10.5 Å². The van der Waals surface area contributed by atoms with Gasteiger partial charge in [-0.05, 0) is 0 Å². The van der Waals surface area contributed by atoms with E-state index in [0.29, 0.717) is 17.4 Å². The molecule has 17 heavy (non-hydrogen) atoms. The maximum atomic E-state index is 10.3. The first-order chi connectivity index (χ1) is 8.25. The monoisotopic (exact) mass is 249 g/mol. The first kappa shape index (κ1) is 11.7. The smallest absolute Gasteiger partial charge is 0.313 e. The molecule has 2 rings (SSSR count). The van der Waals surface area contributed by atoms with Crippen LogP contribution in [0.2, 0.25) is 0 Å². The summed E-state index contributed by atoms with van der Waals surface area (Å²) in [5.41, 5.74) is 0.967. The van der Waals surface area contributed by atoms with Crippen molar-refractivity contribution in [1.29, 1.82) is 0 Å². The lowest BCUT2D eigenvalue weighted by atomic mass is 10.2. The van der Waals surface area contributed by atoms with Crippen molar-refractivity contribution in [1.82, 2.24) is 4.98 Å². The Labute approximate surface area is 103 Å². The molecule has 0 bridgehead atoms. The molecule has 0 radical (unpaired) electrons. The average molecular weight is 249 g/mol. The molecule has 1 aromatic heterocycles. The van der Waals surface area contributed by atoms with Crippen molar-refractivity contribution in [2.45, 2.75) is 5.75 Å². The Morgan fingerprint density at radius 3 is 2.82 bits per heavy atom. The van der Waals surface area contributed by atoms with Crippen LogP contribution >= 0.6 is 11.8 Å².